The summed E-state index contributed by atoms with van der Waals surface area (Å²) in [6.07, 6.45) is 0. The molecule has 2 nitrogen and oxygen atoms in total. The van der Waals surface area contributed by atoms with Gasteiger partial charge in [0.25, 0.3) is 0 Å². The largest absolute Gasteiger partial charge is 0.368 e. The molecule has 1 unspecified atom stereocenters. The lowest BCUT2D eigenvalue weighted by molar-refractivity contribution is 0.405. The van der Waals surface area contributed by atoms with E-state index < -0.39 is 0 Å². The highest BCUT2D eigenvalue weighted by atomic mass is 19.1. The van der Waals surface area contributed by atoms with Gasteiger partial charge in [-0.1, -0.05) is 6.07 Å². The predicted octanol–water partition coefficient (Wildman–Crippen LogP) is 3.43. The van der Waals surface area contributed by atoms with Gasteiger partial charge in [-0.3, -0.25) is 0 Å². The predicted molar refractivity (Wildman–Crippen MR) is 76.6 cm³/mol. The summed E-state index contributed by atoms with van der Waals surface area (Å²) in [7, 11) is 0. The Morgan fingerprint density at radius 2 is 2.00 bits per heavy atom. The maximum atomic E-state index is 13.3. The summed E-state index contributed by atoms with van der Waals surface area (Å²) < 4.78 is 13.3. The molecule has 0 fully saturated rings. The molecule has 1 aromatic carbocycles. The Labute approximate surface area is 110 Å². The van der Waals surface area contributed by atoms with Crippen molar-refractivity contribution in [1.82, 2.24) is 5.32 Å². The van der Waals surface area contributed by atoms with Gasteiger partial charge in [0.15, 0.2) is 0 Å². The Bertz CT molecular complexity index is 371. The Morgan fingerprint density at radius 3 is 2.50 bits per heavy atom. The van der Waals surface area contributed by atoms with Crippen molar-refractivity contribution >= 4 is 5.69 Å². The molecule has 0 saturated heterocycles. The van der Waals surface area contributed by atoms with Crippen LogP contribution in [0.1, 0.15) is 34.6 Å². The number of likely N-dealkylation sites (N-methyl/N-ethyl adjacent to an activating group) is 1. The van der Waals surface area contributed by atoms with Gasteiger partial charge < -0.3 is 10.2 Å². The molecule has 0 saturated carbocycles. The molecule has 0 spiro atoms. The Kier molecular flexibility index (Phi) is 5.15. The molecule has 0 bridgehead atoms. The molecule has 102 valence electrons. The van der Waals surface area contributed by atoms with Crippen molar-refractivity contribution in [3.8, 4) is 0 Å². The van der Waals surface area contributed by atoms with Crippen molar-refractivity contribution in [2.45, 2.75) is 46.2 Å². The number of benzene rings is 1. The fourth-order valence-electron chi connectivity index (χ4n) is 1.97. The van der Waals surface area contributed by atoms with Crippen LogP contribution in [0.4, 0.5) is 10.1 Å². The van der Waals surface area contributed by atoms with Crippen LogP contribution < -0.4 is 10.2 Å². The molecule has 1 N–H and O–H groups in total. The minimum Gasteiger partial charge on any atom is -0.368 e. The smallest absolute Gasteiger partial charge is 0.125 e. The van der Waals surface area contributed by atoms with Crippen molar-refractivity contribution in [2.24, 2.45) is 0 Å². The first-order chi connectivity index (χ1) is 8.33. The highest BCUT2D eigenvalue weighted by Gasteiger charge is 2.16. The number of hydrogen-bond acceptors (Lipinski definition) is 2. The molecule has 0 aromatic heterocycles. The maximum Gasteiger partial charge on any atom is 0.125 e. The highest BCUT2D eigenvalue weighted by Crippen LogP contribution is 2.18. The van der Waals surface area contributed by atoms with Gasteiger partial charge in [-0.2, -0.15) is 0 Å². The Balaban J connectivity index is 2.71. The Hall–Kier alpha value is -1.09. The minimum absolute atomic E-state index is 0.107. The SMILES string of the molecule is CCN(c1cccc(F)c1)C(C)CNC(C)(C)C. The van der Waals surface area contributed by atoms with E-state index in [9.17, 15) is 4.39 Å². The quantitative estimate of drug-likeness (QED) is 0.863. The van der Waals surface area contributed by atoms with Crippen molar-refractivity contribution in [3.05, 3.63) is 30.1 Å². The monoisotopic (exact) mass is 252 g/mol. The number of nitrogens with zero attached hydrogens (tertiary/aromatic N) is 1. The molecule has 1 aromatic rings. The number of hydrogen-bond donors (Lipinski definition) is 1. The van der Waals surface area contributed by atoms with Crippen LogP contribution in [0, 0.1) is 5.82 Å². The second-order valence-corrected chi connectivity index (χ2v) is 5.75. The molecule has 0 aliphatic heterocycles. The lowest BCUT2D eigenvalue weighted by atomic mass is 10.1. The average molecular weight is 252 g/mol. The van der Waals surface area contributed by atoms with Crippen molar-refractivity contribution in [3.63, 3.8) is 0 Å². The van der Waals surface area contributed by atoms with E-state index in [0.717, 1.165) is 18.8 Å². The zero-order valence-electron chi connectivity index (χ0n) is 12.1. The fourth-order valence-corrected chi connectivity index (χ4v) is 1.97. The number of halogens is 1. The standard InChI is InChI=1S/C15H25FN2/c1-6-18(12(2)11-17-15(3,4)5)14-9-7-8-13(16)10-14/h7-10,12,17H,6,11H2,1-5H3. The van der Waals surface area contributed by atoms with Crippen molar-refractivity contribution in [2.75, 3.05) is 18.0 Å². The summed E-state index contributed by atoms with van der Waals surface area (Å²) in [6.45, 7) is 12.5. The first-order valence-electron chi connectivity index (χ1n) is 6.60. The molecule has 0 radical (unpaired) electrons. The van der Waals surface area contributed by atoms with E-state index >= 15 is 0 Å². The molecular weight excluding hydrogens is 227 g/mol. The molecule has 18 heavy (non-hydrogen) atoms. The number of rotatable bonds is 5. The third kappa shape index (κ3) is 4.65. The summed E-state index contributed by atoms with van der Waals surface area (Å²) in [4.78, 5) is 2.21. The van der Waals surface area contributed by atoms with Gasteiger partial charge in [0.2, 0.25) is 0 Å². The first kappa shape index (κ1) is 15.0. The second-order valence-electron chi connectivity index (χ2n) is 5.75. The highest BCUT2D eigenvalue weighted by molar-refractivity contribution is 5.47. The van der Waals surface area contributed by atoms with Crippen molar-refractivity contribution in [1.29, 1.82) is 0 Å². The summed E-state index contributed by atoms with van der Waals surface area (Å²) in [5.74, 6) is -0.179. The average Bonchev–Trinajstić information content (AvgIpc) is 2.26. The van der Waals surface area contributed by atoms with Gasteiger partial charge in [-0.15, -0.1) is 0 Å². The van der Waals surface area contributed by atoms with Crippen LogP contribution in [0.25, 0.3) is 0 Å². The number of anilines is 1. The molecule has 0 aliphatic rings. The van der Waals surface area contributed by atoms with E-state index in [1.165, 1.54) is 6.07 Å². The number of nitrogens with one attached hydrogen (secondary N) is 1. The summed E-state index contributed by atoms with van der Waals surface area (Å²) in [5, 5.41) is 3.49. The normalized spacial score (nSPS) is 13.4. The maximum absolute atomic E-state index is 13.3. The van der Waals surface area contributed by atoms with Crippen LogP contribution in [-0.4, -0.2) is 24.7 Å². The van der Waals surface area contributed by atoms with Gasteiger partial charge in [0, 0.05) is 30.4 Å². The van der Waals surface area contributed by atoms with Gasteiger partial charge in [0.1, 0.15) is 5.82 Å². The summed E-state index contributed by atoms with van der Waals surface area (Å²) >= 11 is 0. The zero-order valence-corrected chi connectivity index (χ0v) is 12.1. The van der Waals surface area contributed by atoms with Gasteiger partial charge >= 0.3 is 0 Å². The van der Waals surface area contributed by atoms with Crippen molar-refractivity contribution < 1.29 is 4.39 Å². The van der Waals surface area contributed by atoms with E-state index in [2.05, 4.69) is 44.8 Å². The molecule has 1 atom stereocenters. The summed E-state index contributed by atoms with van der Waals surface area (Å²) in [5.41, 5.74) is 1.05. The lowest BCUT2D eigenvalue weighted by Crippen LogP contribution is -2.46. The molecule has 0 aliphatic carbocycles. The molecule has 0 heterocycles. The summed E-state index contributed by atoms with van der Waals surface area (Å²) in [6, 6.07) is 7.13. The van der Waals surface area contributed by atoms with Gasteiger partial charge in [-0.25, -0.2) is 4.39 Å². The lowest BCUT2D eigenvalue weighted by Gasteiger charge is -2.33. The van der Waals surface area contributed by atoms with Gasteiger partial charge in [-0.05, 0) is 52.8 Å². The fraction of sp³-hybridized carbons (Fsp3) is 0.600. The molecule has 0 amide bonds. The molecule has 3 heteroatoms. The van der Waals surface area contributed by atoms with Crippen LogP contribution in [0.5, 0.6) is 0 Å². The van der Waals surface area contributed by atoms with E-state index in [1.807, 2.05) is 6.07 Å². The minimum atomic E-state index is -0.179. The van der Waals surface area contributed by atoms with Crippen LogP contribution in [-0.2, 0) is 0 Å². The van der Waals surface area contributed by atoms with E-state index in [4.69, 9.17) is 0 Å². The van der Waals surface area contributed by atoms with E-state index in [0.29, 0.717) is 6.04 Å². The van der Waals surface area contributed by atoms with Crippen LogP contribution in [0.2, 0.25) is 0 Å². The van der Waals surface area contributed by atoms with E-state index in [-0.39, 0.29) is 11.4 Å². The topological polar surface area (TPSA) is 15.3 Å². The second kappa shape index (κ2) is 6.19. The van der Waals surface area contributed by atoms with Gasteiger partial charge in [0.05, 0.1) is 0 Å². The molecular formula is C15H25FN2. The van der Waals surface area contributed by atoms with Crippen LogP contribution in [0.15, 0.2) is 24.3 Å². The first-order valence-corrected chi connectivity index (χ1v) is 6.60. The van der Waals surface area contributed by atoms with Crippen LogP contribution in [0.3, 0.4) is 0 Å². The third-order valence-corrected chi connectivity index (χ3v) is 2.94. The van der Waals surface area contributed by atoms with Crippen LogP contribution >= 0.6 is 0 Å². The third-order valence-electron chi connectivity index (χ3n) is 2.94. The Morgan fingerprint density at radius 1 is 1.33 bits per heavy atom. The zero-order chi connectivity index (χ0) is 13.8. The molecule has 1 rings (SSSR count). The van der Waals surface area contributed by atoms with E-state index in [1.54, 1.807) is 12.1 Å².